The molecule has 2 heterocycles. The number of piperidine rings is 1. The van der Waals surface area contributed by atoms with E-state index in [2.05, 4.69) is 22.5 Å². The van der Waals surface area contributed by atoms with Crippen LogP contribution in [0.1, 0.15) is 25.6 Å². The van der Waals surface area contributed by atoms with E-state index in [4.69, 9.17) is 0 Å². The summed E-state index contributed by atoms with van der Waals surface area (Å²) in [4.78, 5) is 16.2. The van der Waals surface area contributed by atoms with Gasteiger partial charge in [-0.05, 0) is 33.2 Å². The number of carbonyl (C=O) groups is 1. The van der Waals surface area contributed by atoms with E-state index in [9.17, 15) is 4.79 Å². The van der Waals surface area contributed by atoms with Crippen molar-refractivity contribution in [3.05, 3.63) is 18.2 Å². The fraction of sp³-hybridized carbons (Fsp3) is 0.692. The van der Waals surface area contributed by atoms with Crippen LogP contribution in [0.15, 0.2) is 12.4 Å². The van der Waals surface area contributed by atoms with E-state index < -0.39 is 0 Å². The lowest BCUT2D eigenvalue weighted by Crippen LogP contribution is -2.47. The number of aryl methyl sites for hydroxylation is 1. The van der Waals surface area contributed by atoms with Crippen LogP contribution in [-0.2, 0) is 11.3 Å². The number of imidazole rings is 1. The second-order valence-corrected chi connectivity index (χ2v) is 4.95. The lowest BCUT2D eigenvalue weighted by atomic mass is 9.91. The third-order valence-electron chi connectivity index (χ3n) is 3.67. The minimum atomic E-state index is 0. The Hall–Kier alpha value is -1.07. The normalized spacial score (nSPS) is 22.6. The van der Waals surface area contributed by atoms with Gasteiger partial charge < -0.3 is 15.2 Å². The van der Waals surface area contributed by atoms with E-state index in [1.165, 1.54) is 0 Å². The number of rotatable bonds is 4. The highest BCUT2D eigenvalue weighted by Gasteiger charge is 2.26. The molecule has 108 valence electrons. The quantitative estimate of drug-likeness (QED) is 0.872. The van der Waals surface area contributed by atoms with E-state index in [1.54, 1.807) is 6.20 Å². The summed E-state index contributed by atoms with van der Waals surface area (Å²) in [6.45, 7) is 6.53. The molecule has 2 N–H and O–H groups in total. The van der Waals surface area contributed by atoms with Gasteiger partial charge in [-0.1, -0.05) is 0 Å². The molecule has 0 aromatic carbocycles. The fourth-order valence-electron chi connectivity index (χ4n) is 2.47. The third-order valence-corrected chi connectivity index (χ3v) is 3.67. The number of aromatic nitrogens is 2. The summed E-state index contributed by atoms with van der Waals surface area (Å²) >= 11 is 0. The molecule has 5 nitrogen and oxygen atoms in total. The van der Waals surface area contributed by atoms with Gasteiger partial charge in [-0.2, -0.15) is 0 Å². The van der Waals surface area contributed by atoms with E-state index in [1.807, 2.05) is 17.7 Å². The SMILES string of the molecule is Cc1nccn1CCNC(=O)C1CCCNC1C.Cl. The van der Waals surface area contributed by atoms with Crippen LogP contribution in [0, 0.1) is 12.8 Å². The molecule has 2 rings (SSSR count). The highest BCUT2D eigenvalue weighted by molar-refractivity contribution is 5.85. The molecule has 19 heavy (non-hydrogen) atoms. The number of carbonyl (C=O) groups excluding carboxylic acids is 1. The first-order valence-corrected chi connectivity index (χ1v) is 6.67. The van der Waals surface area contributed by atoms with Crippen molar-refractivity contribution in [2.75, 3.05) is 13.1 Å². The van der Waals surface area contributed by atoms with Crippen molar-refractivity contribution < 1.29 is 4.79 Å². The van der Waals surface area contributed by atoms with Crippen molar-refractivity contribution in [1.29, 1.82) is 0 Å². The van der Waals surface area contributed by atoms with Gasteiger partial charge in [0.25, 0.3) is 0 Å². The molecular weight excluding hydrogens is 264 g/mol. The number of halogens is 1. The summed E-state index contributed by atoms with van der Waals surface area (Å²) < 4.78 is 2.04. The molecule has 0 spiro atoms. The van der Waals surface area contributed by atoms with E-state index in [0.29, 0.717) is 6.54 Å². The summed E-state index contributed by atoms with van der Waals surface area (Å²) in [6, 6.07) is 0.286. The van der Waals surface area contributed by atoms with Crippen molar-refractivity contribution in [2.24, 2.45) is 5.92 Å². The maximum absolute atomic E-state index is 12.0. The largest absolute Gasteiger partial charge is 0.354 e. The molecule has 6 heteroatoms. The van der Waals surface area contributed by atoms with Gasteiger partial charge in [0.15, 0.2) is 0 Å². The maximum atomic E-state index is 12.0. The van der Waals surface area contributed by atoms with Gasteiger partial charge in [0.05, 0.1) is 5.92 Å². The Morgan fingerprint density at radius 3 is 3.05 bits per heavy atom. The number of nitrogens with zero attached hydrogens (tertiary/aromatic N) is 2. The van der Waals surface area contributed by atoms with Gasteiger partial charge in [-0.15, -0.1) is 12.4 Å². The third kappa shape index (κ3) is 4.21. The average molecular weight is 287 g/mol. The Kier molecular flexibility index (Phi) is 6.31. The van der Waals surface area contributed by atoms with Crippen LogP contribution in [0.4, 0.5) is 0 Å². The van der Waals surface area contributed by atoms with Crippen LogP contribution in [0.5, 0.6) is 0 Å². The van der Waals surface area contributed by atoms with Crippen LogP contribution in [0.2, 0.25) is 0 Å². The molecule has 0 radical (unpaired) electrons. The molecule has 1 aromatic heterocycles. The van der Waals surface area contributed by atoms with Crippen molar-refractivity contribution in [3.8, 4) is 0 Å². The summed E-state index contributed by atoms with van der Waals surface area (Å²) in [5, 5.41) is 6.37. The molecule has 0 bridgehead atoms. The van der Waals surface area contributed by atoms with Gasteiger partial charge in [0, 0.05) is 31.5 Å². The first-order chi connectivity index (χ1) is 8.68. The van der Waals surface area contributed by atoms with Crippen LogP contribution in [0.3, 0.4) is 0 Å². The standard InChI is InChI=1S/C13H22N4O.ClH/c1-10-12(4-3-5-14-10)13(18)16-7-9-17-8-6-15-11(17)2;/h6,8,10,12,14H,3-5,7,9H2,1-2H3,(H,16,18);1H. The van der Waals surface area contributed by atoms with Crippen molar-refractivity contribution in [2.45, 2.75) is 39.3 Å². The van der Waals surface area contributed by atoms with Gasteiger partial charge in [0.2, 0.25) is 5.91 Å². The molecular formula is C13H23ClN4O. The predicted octanol–water partition coefficient (Wildman–Crippen LogP) is 1.12. The lowest BCUT2D eigenvalue weighted by molar-refractivity contribution is -0.126. The second-order valence-electron chi connectivity index (χ2n) is 4.95. The fourth-order valence-corrected chi connectivity index (χ4v) is 2.47. The smallest absolute Gasteiger partial charge is 0.224 e. The zero-order chi connectivity index (χ0) is 13.0. The number of hydrogen-bond donors (Lipinski definition) is 2. The summed E-state index contributed by atoms with van der Waals surface area (Å²) in [5.41, 5.74) is 0. The molecule has 1 aromatic rings. The van der Waals surface area contributed by atoms with Gasteiger partial charge in [0.1, 0.15) is 5.82 Å². The molecule has 1 fully saturated rings. The number of amides is 1. The minimum Gasteiger partial charge on any atom is -0.354 e. The van der Waals surface area contributed by atoms with Gasteiger partial charge >= 0.3 is 0 Å². The maximum Gasteiger partial charge on any atom is 0.224 e. The topological polar surface area (TPSA) is 59.0 Å². The van der Waals surface area contributed by atoms with Crippen LogP contribution in [-0.4, -0.2) is 34.6 Å². The second kappa shape index (κ2) is 7.50. The van der Waals surface area contributed by atoms with Gasteiger partial charge in [-0.3, -0.25) is 4.79 Å². The Labute approximate surface area is 120 Å². The number of nitrogens with one attached hydrogen (secondary N) is 2. The lowest BCUT2D eigenvalue weighted by Gasteiger charge is -2.28. The highest BCUT2D eigenvalue weighted by atomic mass is 35.5. The van der Waals surface area contributed by atoms with Crippen LogP contribution in [0.25, 0.3) is 0 Å². The van der Waals surface area contributed by atoms with E-state index in [0.717, 1.165) is 31.8 Å². The van der Waals surface area contributed by atoms with Crippen LogP contribution >= 0.6 is 12.4 Å². The van der Waals surface area contributed by atoms with Crippen LogP contribution < -0.4 is 10.6 Å². The molecule has 1 amide bonds. The average Bonchev–Trinajstić information content (AvgIpc) is 2.75. The monoisotopic (exact) mass is 286 g/mol. The predicted molar refractivity (Wildman–Crippen MR) is 77.4 cm³/mol. The molecule has 2 atom stereocenters. The molecule has 1 aliphatic heterocycles. The molecule has 0 aliphatic carbocycles. The van der Waals surface area contributed by atoms with E-state index in [-0.39, 0.29) is 30.3 Å². The first-order valence-electron chi connectivity index (χ1n) is 6.67. The van der Waals surface area contributed by atoms with E-state index >= 15 is 0 Å². The van der Waals surface area contributed by atoms with Gasteiger partial charge in [-0.25, -0.2) is 4.98 Å². The Morgan fingerprint density at radius 2 is 2.42 bits per heavy atom. The van der Waals surface area contributed by atoms with Crippen molar-refractivity contribution in [3.63, 3.8) is 0 Å². The summed E-state index contributed by atoms with van der Waals surface area (Å²) in [6.07, 6.45) is 5.80. The zero-order valence-electron chi connectivity index (χ0n) is 11.6. The molecule has 2 unspecified atom stereocenters. The minimum absolute atomic E-state index is 0. The zero-order valence-corrected chi connectivity index (χ0v) is 12.4. The Bertz CT molecular complexity index is 407. The van der Waals surface area contributed by atoms with Crippen molar-refractivity contribution >= 4 is 18.3 Å². The number of hydrogen-bond acceptors (Lipinski definition) is 3. The highest BCUT2D eigenvalue weighted by Crippen LogP contribution is 2.16. The first kappa shape index (κ1) is 16.0. The van der Waals surface area contributed by atoms with Crippen molar-refractivity contribution in [1.82, 2.24) is 20.2 Å². The Balaban J connectivity index is 0.00000180. The Morgan fingerprint density at radius 1 is 1.63 bits per heavy atom. The molecule has 0 saturated carbocycles. The summed E-state index contributed by atoms with van der Waals surface area (Å²) in [5.74, 6) is 1.27. The molecule has 1 saturated heterocycles. The molecule has 1 aliphatic rings. The summed E-state index contributed by atoms with van der Waals surface area (Å²) in [7, 11) is 0.